The lowest BCUT2D eigenvalue weighted by Crippen LogP contribution is -2.21. The van der Waals surface area contributed by atoms with Gasteiger partial charge in [-0.2, -0.15) is 0 Å². The second-order valence-electron chi connectivity index (χ2n) is 13.5. The lowest BCUT2D eigenvalue weighted by Gasteiger charge is -2.31. The van der Waals surface area contributed by atoms with Crippen LogP contribution in [0.4, 0.5) is 0 Å². The van der Waals surface area contributed by atoms with Gasteiger partial charge in [-0.15, -0.1) is 19.6 Å². The van der Waals surface area contributed by atoms with Gasteiger partial charge in [-0.3, -0.25) is 8.37 Å². The fourth-order valence-corrected chi connectivity index (χ4v) is 4.02. The molecule has 0 bridgehead atoms. The summed E-state index contributed by atoms with van der Waals surface area (Å²) in [6.07, 6.45) is 3.82. The molecule has 17 heteroatoms. The van der Waals surface area contributed by atoms with Gasteiger partial charge in [0.25, 0.3) is 0 Å². The topological polar surface area (TPSA) is 209 Å². The highest BCUT2D eigenvalue weighted by Crippen LogP contribution is 2.25. The number of rotatable bonds is 18. The van der Waals surface area contributed by atoms with Gasteiger partial charge in [-0.1, -0.05) is 132 Å². The molecule has 0 amide bonds. The van der Waals surface area contributed by atoms with Crippen LogP contribution in [0.15, 0.2) is 0 Å². The van der Waals surface area contributed by atoms with Gasteiger partial charge in [0, 0.05) is 14.0 Å². The van der Waals surface area contributed by atoms with Crippen LogP contribution < -0.4 is 5.73 Å². The van der Waals surface area contributed by atoms with Crippen LogP contribution in [0.2, 0.25) is 0 Å². The van der Waals surface area contributed by atoms with Crippen LogP contribution in [0, 0.1) is 29.1 Å². The molecule has 50 heavy (non-hydrogen) atoms. The third-order valence-corrected chi connectivity index (χ3v) is 9.55. The molecule has 0 aromatic heterocycles. The second-order valence-corrected chi connectivity index (χ2v) is 18.5. The molecule has 0 heterocycles. The maximum atomic E-state index is 11.0. The van der Waals surface area contributed by atoms with Crippen molar-refractivity contribution in [3.63, 3.8) is 0 Å². The summed E-state index contributed by atoms with van der Waals surface area (Å²) in [6.45, 7) is 35.3. The van der Waals surface area contributed by atoms with E-state index in [0.29, 0.717) is 5.41 Å². The minimum absolute atomic E-state index is 0. The maximum Gasteiger partial charge on any atom is 0.190 e. The highest BCUT2D eigenvalue weighted by molar-refractivity contribution is 8.15. The van der Waals surface area contributed by atoms with Crippen LogP contribution in [-0.2, 0) is 38.2 Å². The van der Waals surface area contributed by atoms with E-state index >= 15 is 0 Å². The summed E-state index contributed by atoms with van der Waals surface area (Å²) in [6, 6.07) is 0. The summed E-state index contributed by atoms with van der Waals surface area (Å²) in [4.78, 5) is 0. The van der Waals surface area contributed by atoms with E-state index in [4.69, 9.17) is 21.5 Å². The zero-order chi connectivity index (χ0) is 40.8. The van der Waals surface area contributed by atoms with E-state index in [1.807, 2.05) is 76.2 Å². The second kappa shape index (κ2) is 33.3. The summed E-state index contributed by atoms with van der Waals surface area (Å²) in [5.41, 5.74) is 5.54. The van der Waals surface area contributed by atoms with Crippen LogP contribution in [0.5, 0.6) is 0 Å². The molecule has 0 aliphatic rings. The molecule has 0 fully saturated rings. The largest absolute Gasteiger partial charge is 0.535 e. The van der Waals surface area contributed by atoms with Crippen molar-refractivity contribution in [3.8, 4) is 0 Å². The predicted octanol–water partition coefficient (Wildman–Crippen LogP) is 9.29. The molecule has 0 aromatic rings. The Morgan fingerprint density at radius 1 is 0.560 bits per heavy atom. The van der Waals surface area contributed by atoms with Crippen molar-refractivity contribution in [2.24, 2.45) is 27.4 Å². The van der Waals surface area contributed by atoms with Gasteiger partial charge in [0.15, 0.2) is 29.8 Å². The Morgan fingerprint density at radius 2 is 0.780 bits per heavy atom. The highest BCUT2D eigenvalue weighted by atomic mass is 35.7. The van der Waals surface area contributed by atoms with E-state index in [1.54, 1.807) is 20.8 Å². The normalized spacial score (nSPS) is 12.0. The third-order valence-electron chi connectivity index (χ3n) is 6.86. The first-order valence-corrected chi connectivity index (χ1v) is 22.1. The first-order valence-electron chi connectivity index (χ1n) is 17.1. The molecule has 3 N–H and O–H groups in total. The maximum absolute atomic E-state index is 11.0. The molecule has 0 atom stereocenters. The minimum Gasteiger partial charge on any atom is -0.535 e. The minimum atomic E-state index is -3.67. The molecule has 0 rings (SSSR count). The monoisotopic (exact) mass is 806 g/mol. The molecular weight excluding hydrogens is 728 g/mol. The summed E-state index contributed by atoms with van der Waals surface area (Å²) < 4.78 is 84.2. The van der Waals surface area contributed by atoms with Crippen LogP contribution >= 0.6 is 10.7 Å². The van der Waals surface area contributed by atoms with Gasteiger partial charge < -0.3 is 25.0 Å². The lowest BCUT2D eigenvalue weighted by atomic mass is 9.91. The molecule has 0 radical (unpaired) electrons. The number of aliphatic hydroxyl groups is 1. The fourth-order valence-electron chi connectivity index (χ4n) is 1.61. The summed E-state index contributed by atoms with van der Waals surface area (Å²) in [5.74, 6) is 0. The molecule has 312 valence electrons. The molecule has 0 saturated heterocycles. The van der Waals surface area contributed by atoms with Crippen LogP contribution in [0.1, 0.15) is 143 Å². The van der Waals surface area contributed by atoms with Crippen molar-refractivity contribution >= 4 is 40.5 Å². The summed E-state index contributed by atoms with van der Waals surface area (Å²) in [7, 11) is -6.07. The van der Waals surface area contributed by atoms with Crippen LogP contribution in [0.3, 0.4) is 0 Å². The van der Waals surface area contributed by atoms with Crippen LogP contribution in [-0.4, -0.2) is 76.4 Å². The van der Waals surface area contributed by atoms with Gasteiger partial charge in [0.05, 0.1) is 13.2 Å². The Morgan fingerprint density at radius 3 is 0.920 bits per heavy atom. The smallest absolute Gasteiger partial charge is 0.190 e. The number of nitrogens with two attached hydrogens (primary N) is 1. The molecule has 13 nitrogen and oxygen atoms in total. The van der Waals surface area contributed by atoms with Gasteiger partial charge in [-0.25, -0.2) is 25.3 Å². The van der Waals surface area contributed by atoms with Crippen molar-refractivity contribution in [1.82, 2.24) is 0 Å². The number of hydrogen-bond donors (Lipinski definition) is 2. The average molecular weight is 808 g/mol. The zero-order valence-electron chi connectivity index (χ0n) is 35.0. The first-order chi connectivity index (χ1) is 22.0. The molecule has 0 aliphatic carbocycles. The van der Waals surface area contributed by atoms with Crippen LogP contribution in [0.25, 0.3) is 14.2 Å². The van der Waals surface area contributed by atoms with Crippen molar-refractivity contribution in [3.05, 3.63) is 21.6 Å². The molecule has 0 unspecified atom stereocenters. The fraction of sp³-hybridized carbons (Fsp3) is 0.970. The molecule has 0 spiro atoms. The Bertz CT molecular complexity index is 1010. The van der Waals surface area contributed by atoms with Crippen molar-refractivity contribution in [2.75, 3.05) is 46.0 Å². The molecule has 0 saturated carbocycles. The first kappa shape index (κ1) is 64.7. The van der Waals surface area contributed by atoms with Gasteiger partial charge >= 0.3 is 0 Å². The number of hydrogen-bond acceptors (Lipinski definition) is 10. The van der Waals surface area contributed by atoms with E-state index in [2.05, 4.69) is 43.3 Å². The third kappa shape index (κ3) is 54.5. The van der Waals surface area contributed by atoms with E-state index in [9.17, 15) is 25.3 Å². The van der Waals surface area contributed by atoms with Gasteiger partial charge in [0.2, 0.25) is 0 Å². The van der Waals surface area contributed by atoms with Crippen molar-refractivity contribution in [1.29, 1.82) is 0 Å². The summed E-state index contributed by atoms with van der Waals surface area (Å²) >= 11 is 0. The number of nitrogens with zero attached hydrogens (tertiary/aromatic N) is 3. The van der Waals surface area contributed by atoms with E-state index in [-0.39, 0.29) is 63.1 Å². The molecular formula is C33H79ClN4O9S3-2. The predicted molar refractivity (Wildman–Crippen MR) is 216 cm³/mol. The standard InChI is InChI=1S/2C8H18NO3S.C6H13ClNO2S.C6H15N.C2H6O.C2H6.CH3/c2*1-5-8(3,4)7-9-13(10,11)12-6-2;1-4-6(2,3)5-8-11(7,9)10;1-4-6(2,3)5-7;1-2-3;1-2;/h2*5-7H2,1-4H3;4-5H2,1-3H3;4-5,7H2,1-3H3;3H,2H2,1H3;1-2H3;1H3/q3*-1;;;;+1. The van der Waals surface area contributed by atoms with E-state index in [1.165, 1.54) is 6.42 Å². The van der Waals surface area contributed by atoms with Gasteiger partial charge in [-0.05, 0) is 49.8 Å². The molecule has 0 aliphatic heterocycles. The zero-order valence-corrected chi connectivity index (χ0v) is 38.2. The SMILES string of the molecule is CC.CCC(C)(C)CN.CCC(C)(C)C[N-]S(=O)(=O)Cl.CCO.CCOS(=O)(=O)[N-]CC(C)(C)CC.CCOS(=O)(=O)[N-]CC(C)(C)CC.[CH3+]. The average Bonchev–Trinajstić information content (AvgIpc) is 3.00. The number of halogens is 1. The van der Waals surface area contributed by atoms with Gasteiger partial charge in [0.1, 0.15) is 0 Å². The van der Waals surface area contributed by atoms with E-state index in [0.717, 1.165) is 25.8 Å². The van der Waals surface area contributed by atoms with Crippen molar-refractivity contribution in [2.45, 2.75) is 143 Å². The van der Waals surface area contributed by atoms with E-state index < -0.39 is 29.8 Å². The highest BCUT2D eigenvalue weighted by Gasteiger charge is 2.13. The quantitative estimate of drug-likeness (QED) is 0.0990. The lowest BCUT2D eigenvalue weighted by molar-refractivity contribution is 0.318. The Labute approximate surface area is 316 Å². The Kier molecular flexibility index (Phi) is 43.1. The van der Waals surface area contributed by atoms with Crippen molar-refractivity contribution < 1.29 is 38.7 Å². The summed E-state index contributed by atoms with van der Waals surface area (Å²) in [5, 5.41) is 7.57. The Hall–Kier alpha value is -0.270. The number of aliphatic hydroxyl groups excluding tert-OH is 1. The molecule has 0 aromatic carbocycles. The Balaban J connectivity index is -0.0000000953.